The van der Waals surface area contributed by atoms with Crippen molar-refractivity contribution in [1.82, 2.24) is 24.0 Å². The molecule has 4 aromatic rings. The molecule has 34 heavy (non-hydrogen) atoms. The number of ether oxygens (including phenoxy) is 1. The minimum atomic E-state index is -0.580. The molecule has 0 fully saturated rings. The van der Waals surface area contributed by atoms with E-state index in [1.54, 1.807) is 11.7 Å². The van der Waals surface area contributed by atoms with Gasteiger partial charge >= 0.3 is 5.69 Å². The highest BCUT2D eigenvalue weighted by Crippen LogP contribution is 2.10. The van der Waals surface area contributed by atoms with Crippen molar-refractivity contribution in [1.29, 1.82) is 0 Å². The van der Waals surface area contributed by atoms with Crippen LogP contribution in [0.15, 0.2) is 70.5 Å². The van der Waals surface area contributed by atoms with Crippen LogP contribution in [0.3, 0.4) is 0 Å². The van der Waals surface area contributed by atoms with Gasteiger partial charge in [-0.25, -0.2) is 14.3 Å². The number of nitrogens with one attached hydrogen (secondary N) is 1. The van der Waals surface area contributed by atoms with Crippen molar-refractivity contribution in [2.24, 2.45) is 0 Å². The fourth-order valence-electron chi connectivity index (χ4n) is 3.75. The zero-order chi connectivity index (χ0) is 24.1. The molecular weight excluding hydrogens is 434 g/mol. The van der Waals surface area contributed by atoms with Gasteiger partial charge in [-0.3, -0.25) is 14.2 Å². The first-order valence-corrected chi connectivity index (χ1v) is 11.0. The predicted octanol–water partition coefficient (Wildman–Crippen LogP) is 1.68. The van der Waals surface area contributed by atoms with Gasteiger partial charge in [0.15, 0.2) is 11.2 Å². The lowest BCUT2D eigenvalue weighted by Crippen LogP contribution is -2.44. The molecule has 0 unspecified atom stereocenters. The summed E-state index contributed by atoms with van der Waals surface area (Å²) >= 11 is 0. The lowest BCUT2D eigenvalue weighted by Gasteiger charge is -2.13. The molecule has 9 nitrogen and oxygen atoms in total. The Morgan fingerprint density at radius 1 is 1.00 bits per heavy atom. The Kier molecular flexibility index (Phi) is 7.03. The normalized spacial score (nSPS) is 11.1. The van der Waals surface area contributed by atoms with Crippen molar-refractivity contribution in [2.75, 3.05) is 13.7 Å². The average molecular weight is 462 g/mol. The van der Waals surface area contributed by atoms with Gasteiger partial charge in [0.2, 0.25) is 5.91 Å². The Hall–Kier alpha value is -3.98. The van der Waals surface area contributed by atoms with Crippen molar-refractivity contribution in [3.63, 3.8) is 0 Å². The van der Waals surface area contributed by atoms with Crippen LogP contribution in [0.25, 0.3) is 11.2 Å². The van der Waals surface area contributed by atoms with E-state index in [2.05, 4.69) is 10.3 Å². The maximum Gasteiger partial charge on any atom is 0.333 e. The molecule has 0 aliphatic heterocycles. The lowest BCUT2D eigenvalue weighted by molar-refractivity contribution is -0.121. The monoisotopic (exact) mass is 461 g/mol. The molecule has 1 N–H and O–H groups in total. The second kappa shape index (κ2) is 10.3. The summed E-state index contributed by atoms with van der Waals surface area (Å²) in [6.07, 6.45) is 1.52. The van der Waals surface area contributed by atoms with Crippen molar-refractivity contribution >= 4 is 17.1 Å². The highest BCUT2D eigenvalue weighted by Gasteiger charge is 2.20. The van der Waals surface area contributed by atoms with Crippen LogP contribution in [0, 0.1) is 6.92 Å². The number of nitrogens with zero attached hydrogens (tertiary/aromatic N) is 4. The fraction of sp³-hybridized carbons (Fsp3) is 0.280. The zero-order valence-corrected chi connectivity index (χ0v) is 19.2. The summed E-state index contributed by atoms with van der Waals surface area (Å²) in [6, 6.07) is 17.2. The van der Waals surface area contributed by atoms with Gasteiger partial charge in [-0.1, -0.05) is 60.2 Å². The molecule has 0 spiro atoms. The highest BCUT2D eigenvalue weighted by atomic mass is 16.5. The molecule has 0 bridgehead atoms. The first kappa shape index (κ1) is 23.2. The third-order valence-corrected chi connectivity index (χ3v) is 5.62. The largest absolute Gasteiger partial charge is 0.383 e. The van der Waals surface area contributed by atoms with E-state index in [1.807, 2.05) is 61.5 Å². The first-order valence-electron chi connectivity index (χ1n) is 11.0. The van der Waals surface area contributed by atoms with E-state index in [9.17, 15) is 14.4 Å². The molecule has 0 radical (unpaired) electrons. The van der Waals surface area contributed by atoms with Crippen molar-refractivity contribution in [3.05, 3.63) is 98.5 Å². The van der Waals surface area contributed by atoms with E-state index in [4.69, 9.17) is 4.74 Å². The molecular formula is C25H27N5O4. The molecule has 0 saturated heterocycles. The van der Waals surface area contributed by atoms with Gasteiger partial charge in [-0.2, -0.15) is 0 Å². The van der Waals surface area contributed by atoms with Gasteiger partial charge in [0.05, 0.1) is 19.5 Å². The van der Waals surface area contributed by atoms with E-state index in [0.29, 0.717) is 19.7 Å². The Labute approximate surface area is 196 Å². The maximum atomic E-state index is 13.4. The molecule has 0 aliphatic carbocycles. The van der Waals surface area contributed by atoms with E-state index in [1.165, 1.54) is 10.9 Å². The number of fused-ring (bicyclic) bond motifs is 1. The van der Waals surface area contributed by atoms with Gasteiger partial charge in [0.1, 0.15) is 6.54 Å². The van der Waals surface area contributed by atoms with Crippen LogP contribution >= 0.6 is 0 Å². The molecule has 176 valence electrons. The number of hydrogen-bond acceptors (Lipinski definition) is 5. The van der Waals surface area contributed by atoms with Crippen LogP contribution in [-0.4, -0.2) is 38.3 Å². The Morgan fingerprint density at radius 3 is 2.44 bits per heavy atom. The van der Waals surface area contributed by atoms with Crippen LogP contribution in [-0.2, 0) is 35.7 Å². The van der Waals surface area contributed by atoms with E-state index >= 15 is 0 Å². The van der Waals surface area contributed by atoms with E-state index in [-0.39, 0.29) is 24.3 Å². The topological polar surface area (TPSA) is 100 Å². The van der Waals surface area contributed by atoms with E-state index in [0.717, 1.165) is 21.3 Å². The molecule has 0 saturated carbocycles. The summed E-state index contributed by atoms with van der Waals surface area (Å²) in [7, 11) is 1.57. The van der Waals surface area contributed by atoms with Gasteiger partial charge in [-0.05, 0) is 18.1 Å². The number of methoxy groups -OCH3 is 1. The minimum absolute atomic E-state index is 0.225. The van der Waals surface area contributed by atoms with Gasteiger partial charge in [0.25, 0.3) is 5.56 Å². The van der Waals surface area contributed by atoms with Gasteiger partial charge < -0.3 is 14.6 Å². The quantitative estimate of drug-likeness (QED) is 0.409. The molecule has 0 atom stereocenters. The number of carbonyl (C=O) groups is 1. The summed E-state index contributed by atoms with van der Waals surface area (Å²) in [5, 5.41) is 2.79. The Morgan fingerprint density at radius 2 is 1.74 bits per heavy atom. The van der Waals surface area contributed by atoms with Crippen LogP contribution in [0.1, 0.15) is 16.7 Å². The third-order valence-electron chi connectivity index (χ3n) is 5.62. The average Bonchev–Trinajstić information content (AvgIpc) is 3.27. The first-order chi connectivity index (χ1) is 16.5. The zero-order valence-electron chi connectivity index (χ0n) is 19.2. The summed E-state index contributed by atoms with van der Waals surface area (Å²) in [4.78, 5) is 43.7. The molecule has 2 aromatic heterocycles. The molecule has 2 aromatic carbocycles. The Bertz CT molecular complexity index is 1400. The number of aryl methyl sites for hydroxylation is 1. The van der Waals surface area contributed by atoms with Crippen molar-refractivity contribution in [3.8, 4) is 0 Å². The smallest absolute Gasteiger partial charge is 0.333 e. The van der Waals surface area contributed by atoms with Crippen LogP contribution in [0.5, 0.6) is 0 Å². The third kappa shape index (κ3) is 4.99. The fourth-order valence-corrected chi connectivity index (χ4v) is 3.75. The number of benzene rings is 2. The number of imidazole rings is 1. The molecule has 2 heterocycles. The highest BCUT2D eigenvalue weighted by molar-refractivity contribution is 5.76. The van der Waals surface area contributed by atoms with Gasteiger partial charge in [-0.15, -0.1) is 0 Å². The number of rotatable bonds is 9. The number of carbonyl (C=O) groups excluding carboxylic acids is 1. The molecule has 0 aliphatic rings. The summed E-state index contributed by atoms with van der Waals surface area (Å²) < 4.78 is 9.20. The SMILES string of the molecule is COCCn1cnc2c1c(=O)n(CC(=O)NCc1ccc(C)cc1)c(=O)n2Cc1ccccc1. The standard InChI is InChI=1S/C25H27N5O4/c1-18-8-10-19(11-9-18)14-26-21(31)16-30-24(32)22-23(27-17-28(22)12-13-34-2)29(25(30)33)15-20-6-4-3-5-7-20/h3-11,17H,12-16H2,1-2H3,(H,26,31). The van der Waals surface area contributed by atoms with Crippen molar-refractivity contribution < 1.29 is 9.53 Å². The van der Waals surface area contributed by atoms with Crippen LogP contribution in [0.4, 0.5) is 0 Å². The van der Waals surface area contributed by atoms with Crippen molar-refractivity contribution in [2.45, 2.75) is 33.1 Å². The molecule has 4 rings (SSSR count). The van der Waals surface area contributed by atoms with Crippen LogP contribution < -0.4 is 16.6 Å². The lowest BCUT2D eigenvalue weighted by atomic mass is 10.1. The summed E-state index contributed by atoms with van der Waals surface area (Å²) in [5.41, 5.74) is 2.35. The summed E-state index contributed by atoms with van der Waals surface area (Å²) in [6.45, 7) is 2.90. The summed E-state index contributed by atoms with van der Waals surface area (Å²) in [5.74, 6) is -0.423. The number of hydrogen-bond donors (Lipinski definition) is 1. The molecule has 9 heteroatoms. The van der Waals surface area contributed by atoms with E-state index < -0.39 is 17.2 Å². The Balaban J connectivity index is 1.69. The number of amides is 1. The minimum Gasteiger partial charge on any atom is -0.383 e. The second-order valence-corrected chi connectivity index (χ2v) is 8.11. The van der Waals surface area contributed by atoms with Crippen LogP contribution in [0.2, 0.25) is 0 Å². The second-order valence-electron chi connectivity index (χ2n) is 8.11. The predicted molar refractivity (Wildman–Crippen MR) is 129 cm³/mol. The van der Waals surface area contributed by atoms with Gasteiger partial charge in [0, 0.05) is 20.2 Å². The number of aromatic nitrogens is 4. The maximum absolute atomic E-state index is 13.4. The molecule has 1 amide bonds.